The number of hydrogen-bond donors (Lipinski definition) is 0. The zero-order valence-electron chi connectivity index (χ0n) is 13.0. The number of rotatable bonds is 3. The minimum absolute atomic E-state index is 0.0481. The summed E-state index contributed by atoms with van der Waals surface area (Å²) in [6.07, 6.45) is 0.0326. The van der Waals surface area contributed by atoms with E-state index in [0.29, 0.717) is 11.3 Å². The van der Waals surface area contributed by atoms with Gasteiger partial charge >= 0.3 is 6.18 Å². The van der Waals surface area contributed by atoms with Crippen LogP contribution in [0, 0.1) is 12.3 Å². The van der Waals surface area contributed by atoms with Gasteiger partial charge in [-0.05, 0) is 50.3 Å². The molecule has 0 bridgehead atoms. The predicted octanol–water partition coefficient (Wildman–Crippen LogP) is 3.79. The van der Waals surface area contributed by atoms with E-state index in [1.807, 2.05) is 0 Å². The molecular formula is C17H20F3NO2. The second-order valence-electron chi connectivity index (χ2n) is 6.81. The van der Waals surface area contributed by atoms with Crippen molar-refractivity contribution in [3.05, 3.63) is 29.3 Å². The second kappa shape index (κ2) is 5.73. The summed E-state index contributed by atoms with van der Waals surface area (Å²) in [6, 6.07) is 3.63. The summed E-state index contributed by atoms with van der Waals surface area (Å²) in [5.74, 6) is 0.323. The Balaban J connectivity index is 1.62. The van der Waals surface area contributed by atoms with Crippen LogP contribution < -0.4 is 4.74 Å². The summed E-state index contributed by atoms with van der Waals surface area (Å²) in [6.45, 7) is 3.35. The molecule has 1 saturated heterocycles. The highest BCUT2D eigenvalue weighted by Crippen LogP contribution is 2.44. The number of hydrogen-bond acceptors (Lipinski definition) is 2. The van der Waals surface area contributed by atoms with E-state index < -0.39 is 11.7 Å². The highest BCUT2D eigenvalue weighted by Gasteiger charge is 2.45. The molecule has 0 aromatic heterocycles. The maximum Gasteiger partial charge on any atom is 0.416 e. The van der Waals surface area contributed by atoms with Gasteiger partial charge in [-0.3, -0.25) is 4.79 Å². The van der Waals surface area contributed by atoms with Gasteiger partial charge < -0.3 is 9.64 Å². The number of amides is 1. The monoisotopic (exact) mass is 327 g/mol. The van der Waals surface area contributed by atoms with Gasteiger partial charge in [-0.1, -0.05) is 6.07 Å². The van der Waals surface area contributed by atoms with Gasteiger partial charge in [0.25, 0.3) is 0 Å². The van der Waals surface area contributed by atoms with Crippen LogP contribution in [0.25, 0.3) is 0 Å². The second-order valence-corrected chi connectivity index (χ2v) is 6.81. The standard InChI is InChI=1S/C17H20F3NO2/c1-12-2-3-13(17(18,19)20)8-15(12)23-14-4-6-16(7-5-14)9-21(10-16)11-22/h2-3,8,11,14H,4-7,9-10H2,1H3. The smallest absolute Gasteiger partial charge is 0.416 e. The Bertz CT molecular complexity index is 584. The van der Waals surface area contributed by atoms with Gasteiger partial charge in [0.05, 0.1) is 11.7 Å². The lowest BCUT2D eigenvalue weighted by Crippen LogP contribution is -2.57. The molecule has 2 fully saturated rings. The number of aryl methyl sites for hydroxylation is 1. The summed E-state index contributed by atoms with van der Waals surface area (Å²) in [7, 11) is 0. The SMILES string of the molecule is Cc1ccc(C(F)(F)F)cc1OC1CCC2(CC1)CN(C=O)C2. The molecule has 1 aliphatic carbocycles. The van der Waals surface area contributed by atoms with Gasteiger partial charge in [-0.25, -0.2) is 0 Å². The molecule has 3 rings (SSSR count). The van der Waals surface area contributed by atoms with Crippen molar-refractivity contribution in [2.45, 2.75) is 44.9 Å². The van der Waals surface area contributed by atoms with E-state index in [1.54, 1.807) is 11.8 Å². The van der Waals surface area contributed by atoms with E-state index in [1.165, 1.54) is 6.07 Å². The summed E-state index contributed by atoms with van der Waals surface area (Å²) < 4.78 is 44.3. The van der Waals surface area contributed by atoms with Gasteiger partial charge in [-0.2, -0.15) is 13.2 Å². The fraction of sp³-hybridized carbons (Fsp3) is 0.588. The van der Waals surface area contributed by atoms with E-state index in [2.05, 4.69) is 0 Å². The predicted molar refractivity (Wildman–Crippen MR) is 79.1 cm³/mol. The maximum absolute atomic E-state index is 12.8. The summed E-state index contributed by atoms with van der Waals surface area (Å²) in [5, 5.41) is 0. The Labute approximate surface area is 133 Å². The molecule has 0 radical (unpaired) electrons. The third kappa shape index (κ3) is 3.31. The van der Waals surface area contributed by atoms with Crippen molar-refractivity contribution in [3.8, 4) is 5.75 Å². The van der Waals surface area contributed by atoms with Gasteiger partial charge in [0, 0.05) is 18.5 Å². The van der Waals surface area contributed by atoms with Crippen LogP contribution in [-0.4, -0.2) is 30.5 Å². The van der Waals surface area contributed by atoms with Crippen molar-refractivity contribution in [2.24, 2.45) is 5.41 Å². The molecular weight excluding hydrogens is 307 g/mol. The molecule has 6 heteroatoms. The molecule has 0 N–H and O–H groups in total. The molecule has 0 atom stereocenters. The first-order valence-corrected chi connectivity index (χ1v) is 7.85. The molecule has 1 aliphatic heterocycles. The first-order valence-electron chi connectivity index (χ1n) is 7.85. The minimum Gasteiger partial charge on any atom is -0.490 e. The van der Waals surface area contributed by atoms with E-state index >= 15 is 0 Å². The zero-order valence-corrected chi connectivity index (χ0v) is 13.0. The molecule has 126 valence electrons. The van der Waals surface area contributed by atoms with Crippen molar-refractivity contribution in [3.63, 3.8) is 0 Å². The van der Waals surface area contributed by atoms with E-state index in [0.717, 1.165) is 57.3 Å². The number of nitrogens with zero attached hydrogens (tertiary/aromatic N) is 1. The Morgan fingerprint density at radius 1 is 1.26 bits per heavy atom. The lowest BCUT2D eigenvalue weighted by Gasteiger charge is -2.52. The van der Waals surface area contributed by atoms with Gasteiger partial charge in [0.2, 0.25) is 6.41 Å². The first kappa shape index (κ1) is 16.1. The highest BCUT2D eigenvalue weighted by atomic mass is 19.4. The third-order valence-electron chi connectivity index (χ3n) is 5.03. The quantitative estimate of drug-likeness (QED) is 0.791. The molecule has 1 aromatic carbocycles. The number of carbonyl (C=O) groups is 1. The molecule has 1 saturated carbocycles. The van der Waals surface area contributed by atoms with Crippen LogP contribution in [0.5, 0.6) is 5.75 Å². The number of carbonyl (C=O) groups excluding carboxylic acids is 1. The van der Waals surface area contributed by atoms with E-state index in [9.17, 15) is 18.0 Å². The minimum atomic E-state index is -4.35. The zero-order chi connectivity index (χ0) is 16.7. The topological polar surface area (TPSA) is 29.5 Å². The van der Waals surface area contributed by atoms with Crippen molar-refractivity contribution < 1.29 is 22.7 Å². The summed E-state index contributed by atoms with van der Waals surface area (Å²) in [4.78, 5) is 12.4. The largest absolute Gasteiger partial charge is 0.490 e. The molecule has 1 spiro atoms. The molecule has 1 aromatic rings. The van der Waals surface area contributed by atoms with Crippen LogP contribution in [-0.2, 0) is 11.0 Å². The Hall–Kier alpha value is -1.72. The van der Waals surface area contributed by atoms with Gasteiger partial charge in [-0.15, -0.1) is 0 Å². The molecule has 2 aliphatic rings. The van der Waals surface area contributed by atoms with E-state index in [4.69, 9.17) is 4.74 Å². The normalized spacial score (nSPS) is 21.1. The first-order chi connectivity index (χ1) is 10.8. The van der Waals surface area contributed by atoms with Crippen molar-refractivity contribution >= 4 is 6.41 Å². The fourth-order valence-corrected chi connectivity index (χ4v) is 3.61. The van der Waals surface area contributed by atoms with Crippen LogP contribution in [0.2, 0.25) is 0 Å². The van der Waals surface area contributed by atoms with E-state index in [-0.39, 0.29) is 11.5 Å². The van der Waals surface area contributed by atoms with Gasteiger partial charge in [0.15, 0.2) is 0 Å². The Morgan fingerprint density at radius 2 is 1.91 bits per heavy atom. The molecule has 3 nitrogen and oxygen atoms in total. The van der Waals surface area contributed by atoms with Crippen LogP contribution in [0.3, 0.4) is 0 Å². The highest BCUT2D eigenvalue weighted by molar-refractivity contribution is 5.49. The fourth-order valence-electron chi connectivity index (χ4n) is 3.61. The summed E-state index contributed by atoms with van der Waals surface area (Å²) >= 11 is 0. The Kier molecular flexibility index (Phi) is 4.02. The molecule has 1 amide bonds. The third-order valence-corrected chi connectivity index (χ3v) is 5.03. The van der Waals surface area contributed by atoms with Crippen molar-refractivity contribution in [1.82, 2.24) is 4.90 Å². The maximum atomic E-state index is 12.8. The average Bonchev–Trinajstić information content (AvgIpc) is 2.47. The summed E-state index contributed by atoms with van der Waals surface area (Å²) in [5.41, 5.74) is 0.254. The van der Waals surface area contributed by atoms with Crippen LogP contribution in [0.15, 0.2) is 18.2 Å². The van der Waals surface area contributed by atoms with Crippen LogP contribution in [0.1, 0.15) is 36.8 Å². The number of likely N-dealkylation sites (tertiary alicyclic amines) is 1. The molecule has 23 heavy (non-hydrogen) atoms. The molecule has 1 heterocycles. The number of ether oxygens (including phenoxy) is 1. The number of halogens is 3. The lowest BCUT2D eigenvalue weighted by molar-refractivity contribution is -0.138. The van der Waals surface area contributed by atoms with Gasteiger partial charge in [0.1, 0.15) is 5.75 Å². The Morgan fingerprint density at radius 3 is 2.48 bits per heavy atom. The lowest BCUT2D eigenvalue weighted by atomic mass is 9.68. The number of benzene rings is 1. The van der Waals surface area contributed by atoms with Crippen molar-refractivity contribution in [1.29, 1.82) is 0 Å². The average molecular weight is 327 g/mol. The van der Waals surface area contributed by atoms with Crippen LogP contribution in [0.4, 0.5) is 13.2 Å². The van der Waals surface area contributed by atoms with Crippen molar-refractivity contribution in [2.75, 3.05) is 13.1 Å². The molecule has 0 unspecified atom stereocenters. The van der Waals surface area contributed by atoms with Crippen LogP contribution >= 0.6 is 0 Å². The number of alkyl halides is 3.